The van der Waals surface area contributed by atoms with Crippen LogP contribution in [0.15, 0.2) is 38.6 Å². The summed E-state index contributed by atoms with van der Waals surface area (Å²) in [5.41, 5.74) is 7.06. The first-order chi connectivity index (χ1) is 10.4. The highest BCUT2D eigenvalue weighted by Crippen LogP contribution is 2.27. The number of ether oxygens (including phenoxy) is 1. The summed E-state index contributed by atoms with van der Waals surface area (Å²) < 4.78 is 20.3. The molecule has 1 rings (SSSR count). The lowest BCUT2D eigenvalue weighted by atomic mass is 10.1. The van der Waals surface area contributed by atoms with Crippen molar-refractivity contribution in [3.8, 4) is 5.75 Å². The maximum absolute atomic E-state index is 14.2. The molecule has 22 heavy (non-hydrogen) atoms. The van der Waals surface area contributed by atoms with Gasteiger partial charge in [0.2, 0.25) is 0 Å². The largest absolute Gasteiger partial charge is 0.457 e. The normalized spacial score (nSPS) is 13.5. The van der Waals surface area contributed by atoms with Gasteiger partial charge >= 0.3 is 0 Å². The van der Waals surface area contributed by atoms with Crippen molar-refractivity contribution in [3.63, 3.8) is 0 Å². The number of rotatable bonds is 6. The van der Waals surface area contributed by atoms with E-state index in [1.54, 1.807) is 26.8 Å². The van der Waals surface area contributed by atoms with Crippen LogP contribution in [-0.4, -0.2) is 12.8 Å². The molecule has 0 bridgehead atoms. The molecule has 1 aromatic rings. The summed E-state index contributed by atoms with van der Waals surface area (Å²) in [6, 6.07) is 3.32. The highest BCUT2D eigenvalue weighted by atomic mass is 79.9. The first kappa shape index (κ1) is 18.9. The second-order valence-corrected chi connectivity index (χ2v) is 5.88. The van der Waals surface area contributed by atoms with Crippen molar-refractivity contribution in [2.75, 3.05) is 6.54 Å². The summed E-state index contributed by atoms with van der Waals surface area (Å²) in [6.45, 7) is 5.77. The first-order valence-electron chi connectivity index (χ1n) is 6.78. The molecule has 2 N–H and O–H groups in total. The van der Waals surface area contributed by atoms with Gasteiger partial charge in [-0.2, -0.15) is 0 Å². The predicted octanol–water partition coefficient (Wildman–Crippen LogP) is 4.81. The van der Waals surface area contributed by atoms with Crippen LogP contribution in [-0.2, 0) is 6.42 Å². The van der Waals surface area contributed by atoms with Crippen molar-refractivity contribution in [3.05, 3.63) is 50.6 Å². The summed E-state index contributed by atoms with van der Waals surface area (Å²) in [4.78, 5) is 4.00. The molecule has 120 valence electrons. The van der Waals surface area contributed by atoms with Crippen LogP contribution < -0.4 is 10.5 Å². The Morgan fingerprint density at radius 3 is 2.73 bits per heavy atom. The Bertz CT molecular complexity index is 604. The lowest BCUT2D eigenvalue weighted by Crippen LogP contribution is -2.05. The van der Waals surface area contributed by atoms with Gasteiger partial charge in [-0.05, 0) is 66.9 Å². The van der Waals surface area contributed by atoms with Gasteiger partial charge in [-0.3, -0.25) is 0 Å². The molecule has 0 aliphatic rings. The molecule has 0 fully saturated rings. The minimum absolute atomic E-state index is 0.195. The monoisotopic (exact) mass is 388 g/mol. The minimum atomic E-state index is -0.411. The lowest BCUT2D eigenvalue weighted by molar-refractivity contribution is 0.395. The number of halogens is 3. The molecule has 0 saturated carbocycles. The Kier molecular flexibility index (Phi) is 7.79. The van der Waals surface area contributed by atoms with E-state index < -0.39 is 5.82 Å². The van der Waals surface area contributed by atoms with E-state index in [1.807, 2.05) is 6.07 Å². The van der Waals surface area contributed by atoms with Gasteiger partial charge in [-0.1, -0.05) is 23.7 Å². The second-order valence-electron chi connectivity index (χ2n) is 4.64. The van der Waals surface area contributed by atoms with Crippen molar-refractivity contribution in [1.82, 2.24) is 0 Å². The van der Waals surface area contributed by atoms with Gasteiger partial charge in [0.1, 0.15) is 10.9 Å². The SMILES string of the molecule is CC=C(Cl)/N=C\C(Br)=C(/C)Oc1c(C)cc(CCN)cc1F. The second kappa shape index (κ2) is 9.08. The van der Waals surface area contributed by atoms with E-state index in [9.17, 15) is 4.39 Å². The molecule has 3 nitrogen and oxygen atoms in total. The van der Waals surface area contributed by atoms with E-state index in [0.717, 1.165) is 5.56 Å². The average molecular weight is 390 g/mol. The molecule has 0 aliphatic carbocycles. The summed E-state index contributed by atoms with van der Waals surface area (Å²) in [7, 11) is 0. The minimum Gasteiger partial charge on any atom is -0.457 e. The number of hydrogen-bond donors (Lipinski definition) is 1. The van der Waals surface area contributed by atoms with E-state index in [4.69, 9.17) is 22.1 Å². The number of allylic oxidation sites excluding steroid dienone is 3. The number of benzene rings is 1. The molecule has 0 heterocycles. The number of aryl methyl sites for hydroxylation is 1. The van der Waals surface area contributed by atoms with Crippen molar-refractivity contribution in [2.24, 2.45) is 10.7 Å². The molecule has 0 amide bonds. The highest BCUT2D eigenvalue weighted by molar-refractivity contribution is 9.12. The zero-order chi connectivity index (χ0) is 16.7. The molecular formula is C16H19BrClFN2O. The third-order valence-electron chi connectivity index (χ3n) is 2.85. The summed E-state index contributed by atoms with van der Waals surface area (Å²) in [5, 5.41) is 0.359. The van der Waals surface area contributed by atoms with Crippen LogP contribution in [0.1, 0.15) is 25.0 Å². The predicted molar refractivity (Wildman–Crippen MR) is 94.3 cm³/mol. The Morgan fingerprint density at radius 1 is 1.50 bits per heavy atom. The molecule has 0 unspecified atom stereocenters. The van der Waals surface area contributed by atoms with Crippen LogP contribution in [0.5, 0.6) is 5.75 Å². The zero-order valence-corrected chi connectivity index (χ0v) is 15.1. The Balaban J connectivity index is 3.01. The fraction of sp³-hybridized carbons (Fsp3) is 0.312. The third kappa shape index (κ3) is 5.55. The summed E-state index contributed by atoms with van der Waals surface area (Å²) >= 11 is 9.11. The Morgan fingerprint density at radius 2 is 2.18 bits per heavy atom. The molecule has 0 aromatic heterocycles. The van der Waals surface area contributed by atoms with E-state index in [-0.39, 0.29) is 5.75 Å². The lowest BCUT2D eigenvalue weighted by Gasteiger charge is -2.12. The highest BCUT2D eigenvalue weighted by Gasteiger charge is 2.11. The van der Waals surface area contributed by atoms with Crippen LogP contribution in [0.4, 0.5) is 4.39 Å². The maximum Gasteiger partial charge on any atom is 0.166 e. The Hall–Kier alpha value is -1.17. The van der Waals surface area contributed by atoms with Gasteiger partial charge in [-0.25, -0.2) is 9.38 Å². The van der Waals surface area contributed by atoms with Crippen LogP contribution in [0.25, 0.3) is 0 Å². The molecule has 0 spiro atoms. The third-order valence-corrected chi connectivity index (χ3v) is 3.93. The summed E-state index contributed by atoms with van der Waals surface area (Å²) in [6.07, 6.45) is 3.80. The van der Waals surface area contributed by atoms with Gasteiger partial charge in [0.05, 0.1) is 4.48 Å². The number of hydrogen-bond acceptors (Lipinski definition) is 3. The van der Waals surface area contributed by atoms with E-state index in [1.165, 1.54) is 12.3 Å². The fourth-order valence-corrected chi connectivity index (χ4v) is 1.96. The molecule has 0 atom stereocenters. The van der Waals surface area contributed by atoms with Crippen LogP contribution in [0.2, 0.25) is 0 Å². The quantitative estimate of drug-likeness (QED) is 0.431. The molecule has 0 radical (unpaired) electrons. The van der Waals surface area contributed by atoms with Gasteiger partial charge in [-0.15, -0.1) is 0 Å². The topological polar surface area (TPSA) is 47.6 Å². The van der Waals surface area contributed by atoms with E-state index >= 15 is 0 Å². The van der Waals surface area contributed by atoms with E-state index in [2.05, 4.69) is 20.9 Å². The molecule has 0 saturated heterocycles. The number of nitrogens with two attached hydrogens (primary N) is 1. The van der Waals surface area contributed by atoms with Gasteiger partial charge in [0.25, 0.3) is 0 Å². The van der Waals surface area contributed by atoms with Gasteiger partial charge in [0, 0.05) is 6.21 Å². The molecular weight excluding hydrogens is 371 g/mol. The van der Waals surface area contributed by atoms with Crippen molar-refractivity contribution in [2.45, 2.75) is 27.2 Å². The standard InChI is InChI=1S/C16H19BrClFN2O/c1-4-15(18)21-9-13(17)11(3)22-16-10(2)7-12(5-6-20)8-14(16)19/h4,7-9H,5-6,20H2,1-3H3/b13-11-,15-4?,21-9-. The Labute approximate surface area is 143 Å². The maximum atomic E-state index is 14.2. The van der Waals surface area contributed by atoms with E-state index in [0.29, 0.717) is 33.9 Å². The van der Waals surface area contributed by atoms with Gasteiger partial charge in [0.15, 0.2) is 11.6 Å². The van der Waals surface area contributed by atoms with Crippen LogP contribution in [0, 0.1) is 12.7 Å². The number of nitrogens with zero attached hydrogens (tertiary/aromatic N) is 1. The number of aliphatic imine (C=N–C) groups is 1. The first-order valence-corrected chi connectivity index (χ1v) is 7.95. The van der Waals surface area contributed by atoms with Crippen molar-refractivity contribution < 1.29 is 9.13 Å². The molecule has 6 heteroatoms. The van der Waals surface area contributed by atoms with Crippen molar-refractivity contribution >= 4 is 33.7 Å². The molecule has 1 aromatic carbocycles. The van der Waals surface area contributed by atoms with Crippen molar-refractivity contribution in [1.29, 1.82) is 0 Å². The van der Waals surface area contributed by atoms with Crippen LogP contribution in [0.3, 0.4) is 0 Å². The molecule has 0 aliphatic heterocycles. The van der Waals surface area contributed by atoms with Gasteiger partial charge < -0.3 is 10.5 Å². The zero-order valence-electron chi connectivity index (χ0n) is 12.8. The summed E-state index contributed by atoms with van der Waals surface area (Å²) in [5.74, 6) is 0.269. The average Bonchev–Trinajstić information content (AvgIpc) is 2.48. The smallest absolute Gasteiger partial charge is 0.166 e. The van der Waals surface area contributed by atoms with Crippen LogP contribution >= 0.6 is 27.5 Å². The fourth-order valence-electron chi connectivity index (χ4n) is 1.73.